The first-order valence-electron chi connectivity index (χ1n) is 8.75. The van der Waals surface area contributed by atoms with Crippen LogP contribution >= 0.6 is 11.6 Å². The molecule has 1 aromatic heterocycles. The lowest BCUT2D eigenvalue weighted by molar-refractivity contribution is 0.0707. The Morgan fingerprint density at radius 2 is 2.04 bits per heavy atom. The van der Waals surface area contributed by atoms with E-state index >= 15 is 0 Å². The van der Waals surface area contributed by atoms with Gasteiger partial charge in [-0.05, 0) is 30.9 Å². The molecule has 1 amide bonds. The number of nitrogens with one attached hydrogen (secondary N) is 1. The van der Waals surface area contributed by atoms with Crippen LogP contribution < -0.4 is 5.32 Å². The van der Waals surface area contributed by atoms with Gasteiger partial charge in [0.1, 0.15) is 0 Å². The van der Waals surface area contributed by atoms with Crippen LogP contribution in [0.2, 0.25) is 5.02 Å². The monoisotopic (exact) mass is 358 g/mol. The van der Waals surface area contributed by atoms with Crippen LogP contribution in [0.4, 0.5) is 0 Å². The topological polar surface area (TPSA) is 50.2 Å². The Morgan fingerprint density at radius 1 is 1.28 bits per heavy atom. The molecular weight excluding hydrogens is 336 g/mol. The maximum Gasteiger partial charge on any atom is 0.276 e. The standard InChI is InChI=1S/C19H23ClN4O/c1-11-6-4-5-7-14(11)18-15-9-21-8-13(15)10-24(18)19(25)17-16(20)12(2)23(3)22-17/h4-7,13,15,18,21H,8-10H2,1-3H3/t13-,15-,18+/m0/s1. The first-order chi connectivity index (χ1) is 12.0. The summed E-state index contributed by atoms with van der Waals surface area (Å²) in [5.74, 6) is 0.863. The van der Waals surface area contributed by atoms with E-state index in [9.17, 15) is 4.79 Å². The molecule has 1 N–H and O–H groups in total. The molecule has 25 heavy (non-hydrogen) atoms. The zero-order valence-electron chi connectivity index (χ0n) is 14.8. The number of fused-ring (bicyclic) bond motifs is 1. The molecular formula is C19H23ClN4O. The quantitative estimate of drug-likeness (QED) is 0.898. The molecule has 2 aliphatic rings. The Bertz CT molecular complexity index is 831. The highest BCUT2D eigenvalue weighted by Gasteiger charge is 2.48. The second-order valence-corrected chi connectivity index (χ2v) is 7.59. The lowest BCUT2D eigenvalue weighted by atomic mass is 9.87. The van der Waals surface area contributed by atoms with Gasteiger partial charge in [-0.3, -0.25) is 9.48 Å². The maximum atomic E-state index is 13.3. The Balaban J connectivity index is 1.75. The molecule has 2 aliphatic heterocycles. The minimum absolute atomic E-state index is 0.0589. The number of likely N-dealkylation sites (tertiary alicyclic amines) is 1. The van der Waals surface area contributed by atoms with Crippen LogP contribution in [0.15, 0.2) is 24.3 Å². The van der Waals surface area contributed by atoms with Gasteiger partial charge in [-0.2, -0.15) is 5.10 Å². The van der Waals surface area contributed by atoms with E-state index < -0.39 is 0 Å². The normalized spacial score (nSPS) is 25.4. The summed E-state index contributed by atoms with van der Waals surface area (Å²) in [6.07, 6.45) is 0. The molecule has 0 spiro atoms. The molecule has 0 bridgehead atoms. The van der Waals surface area contributed by atoms with Crippen LogP contribution in [0.1, 0.15) is 33.4 Å². The molecule has 1 aromatic carbocycles. The van der Waals surface area contributed by atoms with Crippen molar-refractivity contribution in [1.29, 1.82) is 0 Å². The van der Waals surface area contributed by atoms with E-state index in [0.717, 1.165) is 25.3 Å². The Hall–Kier alpha value is -1.85. The van der Waals surface area contributed by atoms with E-state index in [4.69, 9.17) is 11.6 Å². The van der Waals surface area contributed by atoms with E-state index in [2.05, 4.69) is 35.5 Å². The van der Waals surface area contributed by atoms with Gasteiger partial charge < -0.3 is 10.2 Å². The summed E-state index contributed by atoms with van der Waals surface area (Å²) in [5, 5.41) is 8.32. The second kappa shape index (κ2) is 6.15. The van der Waals surface area contributed by atoms with E-state index in [1.165, 1.54) is 11.1 Å². The van der Waals surface area contributed by atoms with Gasteiger partial charge in [-0.25, -0.2) is 0 Å². The Kier molecular flexibility index (Phi) is 4.08. The molecule has 3 atom stereocenters. The van der Waals surface area contributed by atoms with Crippen molar-refractivity contribution < 1.29 is 4.79 Å². The predicted molar refractivity (Wildman–Crippen MR) is 97.8 cm³/mol. The number of hydrogen-bond acceptors (Lipinski definition) is 3. The molecule has 5 nitrogen and oxygen atoms in total. The van der Waals surface area contributed by atoms with Gasteiger partial charge >= 0.3 is 0 Å². The third-order valence-corrected chi connectivity index (χ3v) is 6.25. The van der Waals surface area contributed by atoms with E-state index in [1.54, 1.807) is 4.68 Å². The van der Waals surface area contributed by atoms with Gasteiger partial charge in [-0.15, -0.1) is 0 Å². The molecule has 0 saturated carbocycles. The molecule has 6 heteroatoms. The number of benzene rings is 1. The largest absolute Gasteiger partial charge is 0.329 e. The van der Waals surface area contributed by atoms with Gasteiger partial charge in [-0.1, -0.05) is 35.9 Å². The number of halogens is 1. The number of aryl methyl sites for hydroxylation is 2. The Morgan fingerprint density at radius 3 is 2.72 bits per heavy atom. The maximum absolute atomic E-state index is 13.3. The number of carbonyl (C=O) groups is 1. The second-order valence-electron chi connectivity index (χ2n) is 7.21. The first kappa shape index (κ1) is 16.6. The molecule has 3 heterocycles. The average Bonchev–Trinajstić information content (AvgIpc) is 3.25. The van der Waals surface area contributed by atoms with Crippen molar-refractivity contribution in [2.24, 2.45) is 18.9 Å². The van der Waals surface area contributed by atoms with Crippen molar-refractivity contribution in [3.05, 3.63) is 51.8 Å². The molecule has 132 valence electrons. The number of aromatic nitrogens is 2. The van der Waals surface area contributed by atoms with Crippen LogP contribution in [-0.4, -0.2) is 40.2 Å². The predicted octanol–water partition coefficient (Wildman–Crippen LogP) is 2.72. The summed E-state index contributed by atoms with van der Waals surface area (Å²) < 4.78 is 1.68. The van der Waals surface area contributed by atoms with Crippen molar-refractivity contribution in [2.45, 2.75) is 19.9 Å². The molecule has 2 aromatic rings. The van der Waals surface area contributed by atoms with E-state index in [1.807, 2.05) is 24.9 Å². The Labute approximate surface area is 153 Å². The van der Waals surface area contributed by atoms with E-state index in [0.29, 0.717) is 22.6 Å². The highest BCUT2D eigenvalue weighted by molar-refractivity contribution is 6.34. The zero-order chi connectivity index (χ0) is 17.7. The fraction of sp³-hybridized carbons (Fsp3) is 0.474. The smallest absolute Gasteiger partial charge is 0.276 e. The number of hydrogen-bond donors (Lipinski definition) is 1. The highest BCUT2D eigenvalue weighted by Crippen LogP contribution is 2.44. The zero-order valence-corrected chi connectivity index (χ0v) is 15.5. The van der Waals surface area contributed by atoms with Gasteiger partial charge in [0.2, 0.25) is 0 Å². The molecule has 0 radical (unpaired) electrons. The van der Waals surface area contributed by atoms with Crippen LogP contribution in [-0.2, 0) is 7.05 Å². The number of amides is 1. The third kappa shape index (κ3) is 2.57. The summed E-state index contributed by atoms with van der Waals surface area (Å²) >= 11 is 6.39. The van der Waals surface area contributed by atoms with Gasteiger partial charge in [0, 0.05) is 32.6 Å². The van der Waals surface area contributed by atoms with Crippen molar-refractivity contribution in [2.75, 3.05) is 19.6 Å². The van der Waals surface area contributed by atoms with Crippen LogP contribution in [0.3, 0.4) is 0 Å². The van der Waals surface area contributed by atoms with Crippen LogP contribution in [0.5, 0.6) is 0 Å². The van der Waals surface area contributed by atoms with Gasteiger partial charge in [0.25, 0.3) is 5.91 Å². The lowest BCUT2D eigenvalue weighted by Gasteiger charge is -2.29. The fourth-order valence-corrected chi connectivity index (χ4v) is 4.54. The molecule has 4 rings (SSSR count). The van der Waals surface area contributed by atoms with Gasteiger partial charge in [0.15, 0.2) is 5.69 Å². The lowest BCUT2D eigenvalue weighted by Crippen LogP contribution is -2.35. The third-order valence-electron chi connectivity index (χ3n) is 5.80. The molecule has 0 unspecified atom stereocenters. The first-order valence-corrected chi connectivity index (χ1v) is 9.13. The van der Waals surface area contributed by atoms with Crippen molar-refractivity contribution >= 4 is 17.5 Å². The minimum atomic E-state index is -0.0589. The van der Waals surface area contributed by atoms with Gasteiger partial charge in [0.05, 0.1) is 16.8 Å². The van der Waals surface area contributed by atoms with Crippen LogP contribution in [0, 0.1) is 25.7 Å². The van der Waals surface area contributed by atoms with Crippen molar-refractivity contribution in [1.82, 2.24) is 20.0 Å². The van der Waals surface area contributed by atoms with E-state index in [-0.39, 0.29) is 11.9 Å². The molecule has 2 fully saturated rings. The number of carbonyl (C=O) groups excluding carboxylic acids is 1. The SMILES string of the molecule is Cc1ccccc1[C@@H]1[C@H]2CNC[C@H]2CN1C(=O)c1nn(C)c(C)c1Cl. The summed E-state index contributed by atoms with van der Waals surface area (Å²) in [7, 11) is 1.82. The minimum Gasteiger partial charge on any atom is -0.329 e. The average molecular weight is 359 g/mol. The van der Waals surface area contributed by atoms with Crippen molar-refractivity contribution in [3.8, 4) is 0 Å². The molecule has 0 aliphatic carbocycles. The summed E-state index contributed by atoms with van der Waals surface area (Å²) in [5.41, 5.74) is 3.64. The van der Waals surface area contributed by atoms with Crippen molar-refractivity contribution in [3.63, 3.8) is 0 Å². The summed E-state index contributed by atoms with van der Waals surface area (Å²) in [6, 6.07) is 8.44. The highest BCUT2D eigenvalue weighted by atomic mass is 35.5. The van der Waals surface area contributed by atoms with Crippen LogP contribution in [0.25, 0.3) is 0 Å². The summed E-state index contributed by atoms with van der Waals surface area (Å²) in [4.78, 5) is 15.3. The number of nitrogens with zero attached hydrogens (tertiary/aromatic N) is 3. The summed E-state index contributed by atoms with van der Waals surface area (Å²) in [6.45, 7) is 6.66. The number of rotatable bonds is 2. The molecule has 2 saturated heterocycles. The fourth-order valence-electron chi connectivity index (χ4n) is 4.30.